The first-order valence-electron chi connectivity index (χ1n) is 12.3. The highest BCUT2D eigenvalue weighted by atomic mass is 31.2. The minimum Gasteiger partial charge on any atom is -0.319 e. The Kier molecular flexibility index (Phi) is 5.64. The van der Waals surface area contributed by atoms with E-state index < -0.39 is 14.3 Å². The maximum atomic E-state index is 14.5. The van der Waals surface area contributed by atoms with Crippen LogP contribution in [-0.4, -0.2) is 25.7 Å². The fraction of sp³-hybridized carbons (Fsp3) is 0.125. The van der Waals surface area contributed by atoms with Crippen LogP contribution in [0.1, 0.15) is 0 Å². The average Bonchev–Trinajstić information content (AvgIpc) is 2.89. The van der Waals surface area contributed by atoms with Gasteiger partial charge in [-0.2, -0.15) is 0 Å². The van der Waals surface area contributed by atoms with Gasteiger partial charge in [-0.3, -0.25) is 0 Å². The lowest BCUT2D eigenvalue weighted by atomic mass is 10.0. The van der Waals surface area contributed by atoms with E-state index in [1.807, 2.05) is 61.9 Å². The molecule has 0 spiro atoms. The molecule has 178 valence electrons. The highest BCUT2D eigenvalue weighted by molar-refractivity contribution is 7.75. The molecule has 6 rings (SSSR count). The molecule has 6 aromatic rings. The van der Waals surface area contributed by atoms with Crippen molar-refractivity contribution >= 4 is 68.0 Å². The van der Waals surface area contributed by atoms with E-state index in [0.717, 1.165) is 53.7 Å². The number of hydrogen-bond acceptors (Lipinski definition) is 2. The Morgan fingerprint density at radius 2 is 0.694 bits per heavy atom. The van der Waals surface area contributed by atoms with E-state index >= 15 is 0 Å². The molecule has 2 nitrogen and oxygen atoms in total. The zero-order valence-electron chi connectivity index (χ0n) is 20.5. The van der Waals surface area contributed by atoms with Crippen LogP contribution in [0.3, 0.4) is 0 Å². The van der Waals surface area contributed by atoms with Crippen molar-refractivity contribution in [1.29, 1.82) is 0 Å². The van der Waals surface area contributed by atoms with Crippen LogP contribution in [0.25, 0.3) is 43.1 Å². The van der Waals surface area contributed by atoms with Gasteiger partial charge in [0.2, 0.25) is 0 Å². The summed E-state index contributed by atoms with van der Waals surface area (Å²) in [6.45, 7) is 3.75. The van der Waals surface area contributed by atoms with Crippen molar-refractivity contribution in [2.75, 3.05) is 25.7 Å². The number of rotatable bonds is 5. The maximum Gasteiger partial charge on any atom is 0.114 e. The van der Waals surface area contributed by atoms with Crippen LogP contribution >= 0.6 is 14.3 Å². The van der Waals surface area contributed by atoms with Crippen molar-refractivity contribution < 1.29 is 9.13 Å². The summed E-state index contributed by atoms with van der Waals surface area (Å²) in [6.07, 6.45) is 0.798. The van der Waals surface area contributed by atoms with Crippen LogP contribution in [0.2, 0.25) is 0 Å². The van der Waals surface area contributed by atoms with E-state index in [2.05, 4.69) is 60.7 Å². The molecule has 0 fully saturated rings. The van der Waals surface area contributed by atoms with Crippen molar-refractivity contribution in [1.82, 2.24) is 0 Å². The maximum absolute atomic E-state index is 14.5. The first kappa shape index (κ1) is 23.2. The fourth-order valence-corrected chi connectivity index (χ4v) is 12.0. The smallest absolute Gasteiger partial charge is 0.114 e. The standard InChI is InChI=1S/C32H28O2P2/c1-35(33,31-27-15-7-3-11-23(27)21-24-12-4-8-16-28(24)31)19-20-36(2,34)32-29-17-9-5-13-25(29)22-26-14-6-10-18-30(26)32/h3-18,21-22H,19-20H2,1-2H3. The van der Waals surface area contributed by atoms with Crippen LogP contribution < -0.4 is 10.6 Å². The van der Waals surface area contributed by atoms with Crippen LogP contribution in [0.5, 0.6) is 0 Å². The van der Waals surface area contributed by atoms with Gasteiger partial charge in [-0.1, -0.05) is 97.1 Å². The molecule has 0 radical (unpaired) electrons. The van der Waals surface area contributed by atoms with E-state index in [4.69, 9.17) is 0 Å². The molecule has 0 aromatic heterocycles. The second-order valence-corrected chi connectivity index (χ2v) is 16.2. The van der Waals surface area contributed by atoms with E-state index in [0.29, 0.717) is 12.3 Å². The van der Waals surface area contributed by atoms with E-state index in [9.17, 15) is 9.13 Å². The van der Waals surface area contributed by atoms with Crippen molar-refractivity contribution in [3.8, 4) is 0 Å². The van der Waals surface area contributed by atoms with Crippen LogP contribution in [-0.2, 0) is 9.13 Å². The molecule has 0 aliphatic carbocycles. The quantitative estimate of drug-likeness (QED) is 0.174. The molecule has 2 unspecified atom stereocenters. The van der Waals surface area contributed by atoms with E-state index in [-0.39, 0.29) is 0 Å². The minimum absolute atomic E-state index is 0.399. The third-order valence-electron chi connectivity index (χ3n) is 7.39. The van der Waals surface area contributed by atoms with Gasteiger partial charge >= 0.3 is 0 Å². The highest BCUT2D eigenvalue weighted by Crippen LogP contribution is 2.51. The van der Waals surface area contributed by atoms with Crippen LogP contribution in [0, 0.1) is 0 Å². The molecule has 4 heteroatoms. The SMILES string of the molecule is CP(=O)(CCP(C)(=O)c1c2ccccc2cc2ccccc12)c1c2ccccc2cc2ccccc12. The summed E-state index contributed by atoms with van der Waals surface area (Å²) in [5, 5.41) is 10.3. The van der Waals surface area contributed by atoms with Gasteiger partial charge < -0.3 is 9.13 Å². The highest BCUT2D eigenvalue weighted by Gasteiger charge is 2.30. The zero-order valence-corrected chi connectivity index (χ0v) is 22.3. The van der Waals surface area contributed by atoms with Crippen LogP contribution in [0.15, 0.2) is 109 Å². The van der Waals surface area contributed by atoms with Crippen molar-refractivity contribution in [3.63, 3.8) is 0 Å². The largest absolute Gasteiger partial charge is 0.319 e. The number of fused-ring (bicyclic) bond motifs is 4. The summed E-state index contributed by atoms with van der Waals surface area (Å²) < 4.78 is 29.1. The predicted molar refractivity (Wildman–Crippen MR) is 159 cm³/mol. The Hall–Kier alpha value is -3.18. The Morgan fingerprint density at radius 3 is 0.972 bits per heavy atom. The molecule has 0 saturated carbocycles. The lowest BCUT2D eigenvalue weighted by molar-refractivity contribution is 0.579. The zero-order chi connectivity index (χ0) is 24.9. The molecule has 0 saturated heterocycles. The van der Waals surface area contributed by atoms with Crippen LogP contribution in [0.4, 0.5) is 0 Å². The van der Waals surface area contributed by atoms with Gasteiger partial charge in [-0.15, -0.1) is 0 Å². The Labute approximate surface area is 211 Å². The Morgan fingerprint density at radius 1 is 0.444 bits per heavy atom. The van der Waals surface area contributed by atoms with Crippen molar-refractivity contribution in [2.24, 2.45) is 0 Å². The summed E-state index contributed by atoms with van der Waals surface area (Å²) in [7, 11) is -5.69. The van der Waals surface area contributed by atoms with Gasteiger partial charge in [0.05, 0.1) is 0 Å². The number of hydrogen-bond donors (Lipinski definition) is 0. The molecule has 0 aliphatic heterocycles. The molecule has 0 heterocycles. The molecule has 0 N–H and O–H groups in total. The molecule has 0 amide bonds. The Balaban J connectivity index is 1.48. The lowest BCUT2D eigenvalue weighted by Crippen LogP contribution is -2.16. The third-order valence-corrected chi connectivity index (χ3v) is 12.7. The Bertz CT molecular complexity index is 1640. The van der Waals surface area contributed by atoms with Gasteiger partial charge in [-0.25, -0.2) is 0 Å². The summed E-state index contributed by atoms with van der Waals surface area (Å²) in [4.78, 5) is 0. The summed E-state index contributed by atoms with van der Waals surface area (Å²) in [5.74, 6) is 0. The minimum atomic E-state index is -2.85. The predicted octanol–water partition coefficient (Wildman–Crippen LogP) is 8.24. The average molecular weight is 507 g/mol. The molecule has 36 heavy (non-hydrogen) atoms. The monoisotopic (exact) mass is 506 g/mol. The molecule has 0 aliphatic rings. The van der Waals surface area contributed by atoms with Crippen molar-refractivity contribution in [2.45, 2.75) is 0 Å². The molecule has 6 aromatic carbocycles. The molecule has 2 atom stereocenters. The van der Waals surface area contributed by atoms with Crippen molar-refractivity contribution in [3.05, 3.63) is 109 Å². The summed E-state index contributed by atoms with van der Waals surface area (Å²) in [5.41, 5.74) is 0. The van der Waals surface area contributed by atoms with E-state index in [1.54, 1.807) is 0 Å². The second-order valence-electron chi connectivity index (χ2n) is 9.98. The molecular weight excluding hydrogens is 478 g/mol. The summed E-state index contributed by atoms with van der Waals surface area (Å²) >= 11 is 0. The van der Waals surface area contributed by atoms with E-state index in [1.165, 1.54) is 0 Å². The number of benzene rings is 6. The normalized spacial score (nSPS) is 15.3. The summed E-state index contributed by atoms with van der Waals surface area (Å²) in [6, 6.07) is 37.0. The third kappa shape index (κ3) is 3.90. The first-order valence-corrected chi connectivity index (χ1v) is 17.0. The van der Waals surface area contributed by atoms with Gasteiger partial charge in [0.1, 0.15) is 14.3 Å². The second kappa shape index (κ2) is 8.74. The lowest BCUT2D eigenvalue weighted by Gasteiger charge is -2.23. The first-order chi connectivity index (χ1) is 17.4. The fourth-order valence-electron chi connectivity index (χ4n) is 5.60. The van der Waals surface area contributed by atoms with Gasteiger partial charge in [0.15, 0.2) is 0 Å². The van der Waals surface area contributed by atoms with Gasteiger partial charge in [0, 0.05) is 22.9 Å². The van der Waals surface area contributed by atoms with Gasteiger partial charge in [0.25, 0.3) is 0 Å². The molecule has 0 bridgehead atoms. The topological polar surface area (TPSA) is 34.1 Å². The van der Waals surface area contributed by atoms with Gasteiger partial charge in [-0.05, 0) is 68.6 Å². The molecular formula is C32H28O2P2.